The molecule has 0 saturated carbocycles. The maximum absolute atomic E-state index is 6.11. The molecule has 0 amide bonds. The highest BCUT2D eigenvalue weighted by Crippen LogP contribution is 2.25. The van der Waals surface area contributed by atoms with Crippen LogP contribution in [0.3, 0.4) is 0 Å². The first-order valence-corrected chi connectivity index (χ1v) is 9.36. The molecule has 0 spiro atoms. The zero-order valence-electron chi connectivity index (χ0n) is 15.5. The van der Waals surface area contributed by atoms with Crippen molar-refractivity contribution in [2.75, 3.05) is 13.7 Å². The standard InChI is InChI=1S/C21H28O5/c1-3-4-7-18-19(25-20-8-5-6-15-23-20)13-14-21(26-18)24-17-11-9-16(22-2)10-12-17/h4,7,9-14,18-21H,3,5-6,8,15H2,1-2H3/b7-4+/t18-,19+,20?,21+/m1/s1. The van der Waals surface area contributed by atoms with Gasteiger partial charge in [0.15, 0.2) is 6.29 Å². The van der Waals surface area contributed by atoms with E-state index in [4.69, 9.17) is 23.7 Å². The predicted molar refractivity (Wildman–Crippen MR) is 99.3 cm³/mol. The zero-order valence-corrected chi connectivity index (χ0v) is 15.5. The summed E-state index contributed by atoms with van der Waals surface area (Å²) in [5, 5.41) is 0. The van der Waals surface area contributed by atoms with E-state index in [-0.39, 0.29) is 18.5 Å². The predicted octanol–water partition coefficient (Wildman–Crippen LogP) is 4.23. The van der Waals surface area contributed by atoms with E-state index in [1.165, 1.54) is 0 Å². The van der Waals surface area contributed by atoms with Gasteiger partial charge in [0.1, 0.15) is 23.7 Å². The molecule has 5 nitrogen and oxygen atoms in total. The summed E-state index contributed by atoms with van der Waals surface area (Å²) in [6.07, 6.45) is 11.2. The van der Waals surface area contributed by atoms with Gasteiger partial charge in [-0.15, -0.1) is 0 Å². The molecule has 5 heteroatoms. The van der Waals surface area contributed by atoms with Crippen molar-refractivity contribution < 1.29 is 23.7 Å². The largest absolute Gasteiger partial charge is 0.497 e. The summed E-state index contributed by atoms with van der Waals surface area (Å²) in [5.74, 6) is 1.52. The Morgan fingerprint density at radius 3 is 2.62 bits per heavy atom. The quantitative estimate of drug-likeness (QED) is 0.681. The van der Waals surface area contributed by atoms with Gasteiger partial charge in [-0.2, -0.15) is 0 Å². The van der Waals surface area contributed by atoms with Crippen molar-refractivity contribution in [1.29, 1.82) is 0 Å². The zero-order chi connectivity index (χ0) is 18.2. The monoisotopic (exact) mass is 360 g/mol. The minimum atomic E-state index is -0.456. The molecule has 4 atom stereocenters. The molecule has 0 aromatic heterocycles. The second-order valence-corrected chi connectivity index (χ2v) is 6.38. The summed E-state index contributed by atoms with van der Waals surface area (Å²) in [6.45, 7) is 2.86. The molecule has 0 radical (unpaired) electrons. The number of rotatable bonds is 7. The van der Waals surface area contributed by atoms with Gasteiger partial charge in [-0.3, -0.25) is 0 Å². The molecule has 3 rings (SSSR count). The molecule has 1 unspecified atom stereocenters. The van der Waals surface area contributed by atoms with Gasteiger partial charge in [-0.1, -0.05) is 25.2 Å². The third-order valence-corrected chi connectivity index (χ3v) is 4.39. The molecule has 1 aromatic rings. The number of benzene rings is 1. The lowest BCUT2D eigenvalue weighted by Gasteiger charge is -2.34. The summed E-state index contributed by atoms with van der Waals surface area (Å²) >= 11 is 0. The number of ether oxygens (including phenoxy) is 5. The third-order valence-electron chi connectivity index (χ3n) is 4.39. The summed E-state index contributed by atoms with van der Waals surface area (Å²) < 4.78 is 29.0. The van der Waals surface area contributed by atoms with Gasteiger partial charge in [0, 0.05) is 6.61 Å². The molecule has 2 heterocycles. The second kappa shape index (κ2) is 9.76. The molecule has 0 aliphatic carbocycles. The smallest absolute Gasteiger partial charge is 0.220 e. The summed E-state index contributed by atoms with van der Waals surface area (Å²) in [7, 11) is 1.64. The van der Waals surface area contributed by atoms with Crippen molar-refractivity contribution >= 4 is 0 Å². The fraction of sp³-hybridized carbons (Fsp3) is 0.524. The third kappa shape index (κ3) is 5.34. The molecule has 1 aromatic carbocycles. The molecule has 1 fully saturated rings. The van der Waals surface area contributed by atoms with Gasteiger partial charge in [-0.25, -0.2) is 0 Å². The Balaban J connectivity index is 1.63. The van der Waals surface area contributed by atoms with E-state index < -0.39 is 6.29 Å². The van der Waals surface area contributed by atoms with Gasteiger partial charge < -0.3 is 23.7 Å². The summed E-state index contributed by atoms with van der Waals surface area (Å²) in [4.78, 5) is 0. The van der Waals surface area contributed by atoms with Crippen molar-refractivity contribution in [1.82, 2.24) is 0 Å². The minimum Gasteiger partial charge on any atom is -0.497 e. The maximum Gasteiger partial charge on any atom is 0.220 e. The second-order valence-electron chi connectivity index (χ2n) is 6.38. The molecule has 2 aliphatic heterocycles. The molecule has 0 N–H and O–H groups in total. The van der Waals surface area contributed by atoms with E-state index in [2.05, 4.69) is 13.0 Å². The highest BCUT2D eigenvalue weighted by atomic mass is 16.7. The maximum atomic E-state index is 6.11. The van der Waals surface area contributed by atoms with E-state index in [0.29, 0.717) is 0 Å². The van der Waals surface area contributed by atoms with Crippen LogP contribution in [-0.4, -0.2) is 38.5 Å². The Hall–Kier alpha value is -1.82. The Morgan fingerprint density at radius 1 is 1.12 bits per heavy atom. The van der Waals surface area contributed by atoms with E-state index in [9.17, 15) is 0 Å². The first-order chi connectivity index (χ1) is 12.8. The Kier molecular flexibility index (Phi) is 7.12. The van der Waals surface area contributed by atoms with Crippen molar-refractivity contribution in [2.24, 2.45) is 0 Å². The molecular formula is C21H28O5. The number of methoxy groups -OCH3 is 1. The average Bonchev–Trinajstić information content (AvgIpc) is 2.69. The van der Waals surface area contributed by atoms with Crippen LogP contribution in [0.25, 0.3) is 0 Å². The van der Waals surface area contributed by atoms with Gasteiger partial charge in [0.05, 0.1) is 7.11 Å². The Bertz CT molecular complexity index is 589. The topological polar surface area (TPSA) is 46.2 Å². The van der Waals surface area contributed by atoms with Gasteiger partial charge in [0.2, 0.25) is 6.29 Å². The van der Waals surface area contributed by atoms with Crippen LogP contribution >= 0.6 is 0 Å². The summed E-state index contributed by atoms with van der Waals surface area (Å²) in [5.41, 5.74) is 0. The van der Waals surface area contributed by atoms with Crippen LogP contribution < -0.4 is 9.47 Å². The fourth-order valence-corrected chi connectivity index (χ4v) is 2.98. The molecule has 142 valence electrons. The van der Waals surface area contributed by atoms with Crippen LogP contribution in [0, 0.1) is 0 Å². The minimum absolute atomic E-state index is 0.154. The van der Waals surface area contributed by atoms with Crippen LogP contribution in [0.1, 0.15) is 32.6 Å². The first-order valence-electron chi connectivity index (χ1n) is 9.36. The number of hydrogen-bond donors (Lipinski definition) is 0. The van der Waals surface area contributed by atoms with Crippen LogP contribution in [0.5, 0.6) is 11.5 Å². The number of allylic oxidation sites excluding steroid dienone is 1. The lowest BCUT2D eigenvalue weighted by molar-refractivity contribution is -0.211. The lowest BCUT2D eigenvalue weighted by atomic mass is 10.1. The van der Waals surface area contributed by atoms with Crippen molar-refractivity contribution in [3.8, 4) is 11.5 Å². The molecule has 26 heavy (non-hydrogen) atoms. The summed E-state index contributed by atoms with van der Waals surface area (Å²) in [6, 6.07) is 7.46. The number of hydrogen-bond acceptors (Lipinski definition) is 5. The molecule has 2 aliphatic rings. The van der Waals surface area contributed by atoms with Crippen LogP contribution in [0.15, 0.2) is 48.6 Å². The normalized spacial score (nSPS) is 29.0. The van der Waals surface area contributed by atoms with Crippen LogP contribution in [0.4, 0.5) is 0 Å². The fourth-order valence-electron chi connectivity index (χ4n) is 2.98. The molecular weight excluding hydrogens is 332 g/mol. The van der Waals surface area contributed by atoms with E-state index >= 15 is 0 Å². The molecule has 0 bridgehead atoms. The SMILES string of the molecule is CC/C=C/[C@H]1O[C@H](Oc2ccc(OC)cc2)C=C[C@@H]1OC1CCCCO1. The van der Waals surface area contributed by atoms with Crippen LogP contribution in [0.2, 0.25) is 0 Å². The Morgan fingerprint density at radius 2 is 1.92 bits per heavy atom. The van der Waals surface area contributed by atoms with Gasteiger partial charge in [-0.05, 0) is 56.0 Å². The lowest BCUT2D eigenvalue weighted by Crippen LogP contribution is -2.40. The highest BCUT2D eigenvalue weighted by Gasteiger charge is 2.30. The van der Waals surface area contributed by atoms with Crippen LogP contribution in [-0.2, 0) is 14.2 Å². The van der Waals surface area contributed by atoms with E-state index in [0.717, 1.165) is 43.8 Å². The van der Waals surface area contributed by atoms with E-state index in [1.54, 1.807) is 7.11 Å². The highest BCUT2D eigenvalue weighted by molar-refractivity contribution is 5.31. The first kappa shape index (κ1) is 19.0. The van der Waals surface area contributed by atoms with Crippen molar-refractivity contribution in [2.45, 2.75) is 57.4 Å². The molecule has 1 saturated heterocycles. The van der Waals surface area contributed by atoms with Crippen molar-refractivity contribution in [3.05, 3.63) is 48.6 Å². The van der Waals surface area contributed by atoms with E-state index in [1.807, 2.05) is 42.5 Å². The average molecular weight is 360 g/mol. The Labute approximate surface area is 155 Å². The van der Waals surface area contributed by atoms with Gasteiger partial charge in [0.25, 0.3) is 0 Å². The van der Waals surface area contributed by atoms with Gasteiger partial charge >= 0.3 is 0 Å². The van der Waals surface area contributed by atoms with Crippen molar-refractivity contribution in [3.63, 3.8) is 0 Å².